The summed E-state index contributed by atoms with van der Waals surface area (Å²) in [6.45, 7) is 0.698. The van der Waals surface area contributed by atoms with Crippen molar-refractivity contribution in [1.82, 2.24) is 4.90 Å². The topological polar surface area (TPSA) is 20.3 Å². The lowest BCUT2D eigenvalue weighted by molar-refractivity contribution is 0.0691. The van der Waals surface area contributed by atoms with E-state index in [4.69, 9.17) is 0 Å². The molecule has 0 radical (unpaired) electrons. The van der Waals surface area contributed by atoms with Crippen molar-refractivity contribution in [2.45, 2.75) is 25.4 Å². The standard InChI is InChI=1S/C23H21NO/c25-23-21-14-8-7-13-20(21)17-24(23)22(19-11-5-2-6-12-19)16-15-18-9-3-1-4-10-18/h1-14,22H,15-17H2. The molecule has 0 saturated carbocycles. The van der Waals surface area contributed by atoms with Crippen molar-refractivity contribution < 1.29 is 4.79 Å². The summed E-state index contributed by atoms with van der Waals surface area (Å²) in [6.07, 6.45) is 1.88. The molecular weight excluding hydrogens is 306 g/mol. The van der Waals surface area contributed by atoms with E-state index in [1.165, 1.54) is 11.1 Å². The molecule has 0 aromatic heterocycles. The second-order valence-electron chi connectivity index (χ2n) is 6.54. The Kier molecular flexibility index (Phi) is 4.34. The van der Waals surface area contributed by atoms with E-state index in [0.29, 0.717) is 6.54 Å². The van der Waals surface area contributed by atoms with Crippen LogP contribution in [-0.2, 0) is 13.0 Å². The molecule has 2 heteroatoms. The van der Waals surface area contributed by atoms with Crippen LogP contribution >= 0.6 is 0 Å². The molecule has 0 spiro atoms. The molecule has 0 aliphatic carbocycles. The summed E-state index contributed by atoms with van der Waals surface area (Å²) in [7, 11) is 0. The highest BCUT2D eigenvalue weighted by molar-refractivity contribution is 5.98. The molecule has 3 aromatic rings. The predicted octanol–water partition coefficient (Wildman–Crippen LogP) is 5.02. The second-order valence-corrected chi connectivity index (χ2v) is 6.54. The zero-order chi connectivity index (χ0) is 17.1. The number of carbonyl (C=O) groups is 1. The maximum absolute atomic E-state index is 12.9. The minimum Gasteiger partial charge on any atom is -0.327 e. The first-order valence-corrected chi connectivity index (χ1v) is 8.80. The number of hydrogen-bond acceptors (Lipinski definition) is 1. The third kappa shape index (κ3) is 3.20. The molecule has 0 fully saturated rings. The fourth-order valence-corrected chi connectivity index (χ4v) is 3.65. The maximum Gasteiger partial charge on any atom is 0.255 e. The highest BCUT2D eigenvalue weighted by Gasteiger charge is 2.32. The van der Waals surface area contributed by atoms with Crippen molar-refractivity contribution in [2.75, 3.05) is 0 Å². The van der Waals surface area contributed by atoms with Crippen LogP contribution in [0.25, 0.3) is 0 Å². The highest BCUT2D eigenvalue weighted by Crippen LogP contribution is 2.34. The molecule has 0 bridgehead atoms. The fraction of sp³-hybridized carbons (Fsp3) is 0.174. The Morgan fingerprint density at radius 2 is 1.44 bits per heavy atom. The first kappa shape index (κ1) is 15.6. The lowest BCUT2D eigenvalue weighted by atomic mass is 9.97. The van der Waals surface area contributed by atoms with Gasteiger partial charge in [0.15, 0.2) is 0 Å². The molecule has 124 valence electrons. The highest BCUT2D eigenvalue weighted by atomic mass is 16.2. The Hall–Kier alpha value is -2.87. The van der Waals surface area contributed by atoms with Crippen LogP contribution in [0.15, 0.2) is 84.9 Å². The van der Waals surface area contributed by atoms with Gasteiger partial charge in [0, 0.05) is 12.1 Å². The minimum absolute atomic E-state index is 0.0984. The van der Waals surface area contributed by atoms with Crippen molar-refractivity contribution in [3.05, 3.63) is 107 Å². The van der Waals surface area contributed by atoms with Crippen LogP contribution in [0.1, 0.15) is 39.5 Å². The van der Waals surface area contributed by atoms with E-state index in [2.05, 4.69) is 54.6 Å². The number of nitrogens with zero attached hydrogens (tertiary/aromatic N) is 1. The van der Waals surface area contributed by atoms with E-state index in [1.54, 1.807) is 0 Å². The lowest BCUT2D eigenvalue weighted by Crippen LogP contribution is -2.29. The van der Waals surface area contributed by atoms with Gasteiger partial charge in [-0.15, -0.1) is 0 Å². The average molecular weight is 327 g/mol. The second kappa shape index (κ2) is 6.94. The number of benzene rings is 3. The Morgan fingerprint density at radius 3 is 2.16 bits per heavy atom. The van der Waals surface area contributed by atoms with Crippen molar-refractivity contribution in [2.24, 2.45) is 0 Å². The average Bonchev–Trinajstić information content (AvgIpc) is 3.01. The van der Waals surface area contributed by atoms with Gasteiger partial charge in [-0.25, -0.2) is 0 Å². The van der Waals surface area contributed by atoms with Crippen molar-refractivity contribution in [1.29, 1.82) is 0 Å². The smallest absolute Gasteiger partial charge is 0.255 e. The number of fused-ring (bicyclic) bond motifs is 1. The van der Waals surface area contributed by atoms with Gasteiger partial charge in [0.05, 0.1) is 6.04 Å². The Morgan fingerprint density at radius 1 is 0.800 bits per heavy atom. The molecule has 3 aromatic carbocycles. The molecule has 0 N–H and O–H groups in total. The monoisotopic (exact) mass is 327 g/mol. The summed E-state index contributed by atoms with van der Waals surface area (Å²) < 4.78 is 0. The molecule has 0 saturated heterocycles. The van der Waals surface area contributed by atoms with Crippen molar-refractivity contribution >= 4 is 5.91 Å². The third-order valence-electron chi connectivity index (χ3n) is 4.96. The minimum atomic E-state index is 0.0984. The SMILES string of the molecule is O=C1c2ccccc2CN1C(CCc1ccccc1)c1ccccc1. The van der Waals surface area contributed by atoms with Crippen LogP contribution in [0.4, 0.5) is 0 Å². The van der Waals surface area contributed by atoms with Crippen LogP contribution in [-0.4, -0.2) is 10.8 Å². The third-order valence-corrected chi connectivity index (χ3v) is 4.96. The van der Waals surface area contributed by atoms with E-state index < -0.39 is 0 Å². The first-order valence-electron chi connectivity index (χ1n) is 8.80. The van der Waals surface area contributed by atoms with E-state index in [-0.39, 0.29) is 11.9 Å². The van der Waals surface area contributed by atoms with Gasteiger partial charge >= 0.3 is 0 Å². The summed E-state index contributed by atoms with van der Waals surface area (Å²) in [5.74, 6) is 0.150. The maximum atomic E-state index is 12.9. The molecule has 25 heavy (non-hydrogen) atoms. The van der Waals surface area contributed by atoms with Crippen LogP contribution in [0.2, 0.25) is 0 Å². The summed E-state index contributed by atoms with van der Waals surface area (Å²) >= 11 is 0. The summed E-state index contributed by atoms with van der Waals surface area (Å²) in [5.41, 5.74) is 4.50. The molecule has 1 amide bonds. The van der Waals surface area contributed by atoms with Crippen molar-refractivity contribution in [3.63, 3.8) is 0 Å². The van der Waals surface area contributed by atoms with Crippen LogP contribution in [0.3, 0.4) is 0 Å². The van der Waals surface area contributed by atoms with Crippen molar-refractivity contribution in [3.8, 4) is 0 Å². The molecular formula is C23H21NO. The summed E-state index contributed by atoms with van der Waals surface area (Å²) in [4.78, 5) is 15.0. The van der Waals surface area contributed by atoms with Crippen LogP contribution in [0.5, 0.6) is 0 Å². The van der Waals surface area contributed by atoms with Gasteiger partial charge in [0.25, 0.3) is 5.91 Å². The van der Waals surface area contributed by atoms with E-state index >= 15 is 0 Å². The lowest BCUT2D eigenvalue weighted by Gasteiger charge is -2.28. The first-order chi connectivity index (χ1) is 12.3. The number of hydrogen-bond donors (Lipinski definition) is 0. The molecule has 1 unspecified atom stereocenters. The number of aryl methyl sites for hydroxylation is 1. The van der Waals surface area contributed by atoms with Gasteiger partial charge in [0.2, 0.25) is 0 Å². The zero-order valence-corrected chi connectivity index (χ0v) is 14.1. The quantitative estimate of drug-likeness (QED) is 0.644. The Balaban J connectivity index is 1.61. The van der Waals surface area contributed by atoms with Crippen LogP contribution in [0, 0.1) is 0 Å². The van der Waals surface area contributed by atoms with Gasteiger partial charge in [0.1, 0.15) is 0 Å². The molecule has 1 aliphatic heterocycles. The van der Waals surface area contributed by atoms with Gasteiger partial charge < -0.3 is 4.90 Å². The van der Waals surface area contributed by atoms with E-state index in [1.807, 2.05) is 35.2 Å². The normalized spacial score (nSPS) is 14.4. The molecule has 4 rings (SSSR count). The zero-order valence-electron chi connectivity index (χ0n) is 14.1. The van der Waals surface area contributed by atoms with Crippen LogP contribution < -0.4 is 0 Å². The van der Waals surface area contributed by atoms with Gasteiger partial charge in [-0.3, -0.25) is 4.79 Å². The fourth-order valence-electron chi connectivity index (χ4n) is 3.65. The van der Waals surface area contributed by atoms with E-state index in [0.717, 1.165) is 24.0 Å². The number of amides is 1. The molecule has 2 nitrogen and oxygen atoms in total. The van der Waals surface area contributed by atoms with Gasteiger partial charge in [-0.2, -0.15) is 0 Å². The number of carbonyl (C=O) groups excluding carboxylic acids is 1. The van der Waals surface area contributed by atoms with Gasteiger partial charge in [-0.1, -0.05) is 78.9 Å². The Bertz CT molecular complexity index is 858. The Labute approximate surface area is 148 Å². The number of rotatable bonds is 5. The van der Waals surface area contributed by atoms with E-state index in [9.17, 15) is 4.79 Å². The largest absolute Gasteiger partial charge is 0.327 e. The summed E-state index contributed by atoms with van der Waals surface area (Å²) in [6, 6.07) is 29.0. The predicted molar refractivity (Wildman–Crippen MR) is 100 cm³/mol. The summed E-state index contributed by atoms with van der Waals surface area (Å²) in [5, 5.41) is 0. The van der Waals surface area contributed by atoms with Gasteiger partial charge in [-0.05, 0) is 35.6 Å². The molecule has 1 heterocycles. The molecule has 1 atom stereocenters. The molecule has 1 aliphatic rings.